The van der Waals surface area contributed by atoms with Crippen molar-refractivity contribution in [1.82, 2.24) is 9.88 Å². The van der Waals surface area contributed by atoms with E-state index >= 15 is 0 Å². The molecular weight excluding hydrogens is 296 g/mol. The Bertz CT molecular complexity index is 592. The summed E-state index contributed by atoms with van der Waals surface area (Å²) in [6, 6.07) is 13.6. The number of halogens is 1. The molecule has 2 heterocycles. The third-order valence-electron chi connectivity index (χ3n) is 4.48. The van der Waals surface area contributed by atoms with Gasteiger partial charge in [-0.2, -0.15) is 0 Å². The summed E-state index contributed by atoms with van der Waals surface area (Å²) >= 11 is 5.92. The number of pyridine rings is 1. The monoisotopic (exact) mass is 316 g/mol. The van der Waals surface area contributed by atoms with Gasteiger partial charge in [0, 0.05) is 43.0 Å². The van der Waals surface area contributed by atoms with Crippen LogP contribution in [0.3, 0.4) is 0 Å². The fourth-order valence-electron chi connectivity index (χ4n) is 3.01. The quantitative estimate of drug-likeness (QED) is 0.940. The van der Waals surface area contributed by atoms with Gasteiger partial charge in [0.15, 0.2) is 0 Å². The van der Waals surface area contributed by atoms with E-state index in [-0.39, 0.29) is 0 Å². The van der Waals surface area contributed by atoms with E-state index in [4.69, 9.17) is 11.6 Å². The molecule has 0 bridgehead atoms. The largest absolute Gasteiger partial charge is 0.385 e. The first-order chi connectivity index (χ1) is 10.7. The molecular formula is C18H21ClN2O. The van der Waals surface area contributed by atoms with Crippen LogP contribution < -0.4 is 0 Å². The van der Waals surface area contributed by atoms with Gasteiger partial charge in [-0.3, -0.25) is 4.98 Å². The highest BCUT2D eigenvalue weighted by molar-refractivity contribution is 6.30. The maximum Gasteiger partial charge on any atom is 0.0920 e. The van der Waals surface area contributed by atoms with Crippen molar-refractivity contribution in [3.63, 3.8) is 0 Å². The molecule has 4 heteroatoms. The Morgan fingerprint density at radius 3 is 2.45 bits per heavy atom. The highest BCUT2D eigenvalue weighted by Gasteiger charge is 2.33. The maximum atomic E-state index is 10.9. The maximum absolute atomic E-state index is 10.9. The van der Waals surface area contributed by atoms with Gasteiger partial charge in [0.05, 0.1) is 5.60 Å². The van der Waals surface area contributed by atoms with Gasteiger partial charge in [-0.25, -0.2) is 0 Å². The lowest BCUT2D eigenvalue weighted by atomic mass is 9.84. The molecule has 0 aliphatic carbocycles. The number of hydrogen-bond acceptors (Lipinski definition) is 3. The topological polar surface area (TPSA) is 36.4 Å². The van der Waals surface area contributed by atoms with Crippen molar-refractivity contribution in [1.29, 1.82) is 0 Å². The average molecular weight is 317 g/mol. The van der Waals surface area contributed by atoms with Crippen LogP contribution in [-0.2, 0) is 12.0 Å². The van der Waals surface area contributed by atoms with Crippen molar-refractivity contribution in [3.05, 3.63) is 64.9 Å². The van der Waals surface area contributed by atoms with E-state index in [1.807, 2.05) is 42.6 Å². The van der Waals surface area contributed by atoms with Gasteiger partial charge >= 0.3 is 0 Å². The Hall–Kier alpha value is -1.42. The van der Waals surface area contributed by atoms with Crippen LogP contribution in [0.4, 0.5) is 0 Å². The van der Waals surface area contributed by atoms with Gasteiger partial charge in [0.1, 0.15) is 0 Å². The Labute approximate surface area is 136 Å². The van der Waals surface area contributed by atoms with E-state index in [0.29, 0.717) is 5.02 Å². The molecule has 0 unspecified atom stereocenters. The van der Waals surface area contributed by atoms with Crippen molar-refractivity contribution in [3.8, 4) is 0 Å². The molecule has 2 aromatic rings. The molecule has 3 rings (SSSR count). The third kappa shape index (κ3) is 3.67. The second-order valence-corrected chi connectivity index (χ2v) is 6.39. The number of piperidine rings is 1. The molecule has 1 aliphatic heterocycles. The predicted molar refractivity (Wildman–Crippen MR) is 89.0 cm³/mol. The number of hydrogen-bond donors (Lipinski definition) is 1. The number of benzene rings is 1. The molecule has 1 saturated heterocycles. The zero-order chi connectivity index (χ0) is 15.4. The summed E-state index contributed by atoms with van der Waals surface area (Å²) in [6.45, 7) is 2.81. The number of likely N-dealkylation sites (tertiary alicyclic amines) is 1. The normalized spacial score (nSPS) is 18.3. The molecule has 0 atom stereocenters. The molecule has 3 nitrogen and oxygen atoms in total. The van der Waals surface area contributed by atoms with Gasteiger partial charge in [-0.1, -0.05) is 29.8 Å². The van der Waals surface area contributed by atoms with Crippen molar-refractivity contribution < 1.29 is 5.11 Å². The SMILES string of the molecule is OC1(c2ccc(Cl)cc2)CCN(CCc2ccccn2)CC1. The van der Waals surface area contributed by atoms with Crippen LogP contribution in [0.15, 0.2) is 48.7 Å². The summed E-state index contributed by atoms with van der Waals surface area (Å²) in [5.74, 6) is 0. The summed E-state index contributed by atoms with van der Waals surface area (Å²) in [5, 5.41) is 11.6. The summed E-state index contributed by atoms with van der Waals surface area (Å²) in [7, 11) is 0. The second kappa shape index (κ2) is 6.78. The van der Waals surface area contributed by atoms with Crippen LogP contribution in [0.2, 0.25) is 5.02 Å². The highest BCUT2D eigenvalue weighted by atomic mass is 35.5. The van der Waals surface area contributed by atoms with E-state index < -0.39 is 5.60 Å². The van der Waals surface area contributed by atoms with Crippen LogP contribution in [-0.4, -0.2) is 34.6 Å². The molecule has 1 aromatic carbocycles. The minimum absolute atomic E-state index is 0.708. The number of nitrogens with zero attached hydrogens (tertiary/aromatic N) is 2. The van der Waals surface area contributed by atoms with Gasteiger partial charge in [-0.15, -0.1) is 0 Å². The highest BCUT2D eigenvalue weighted by Crippen LogP contribution is 2.33. The summed E-state index contributed by atoms with van der Waals surface area (Å²) in [4.78, 5) is 6.76. The van der Waals surface area contributed by atoms with Gasteiger partial charge < -0.3 is 10.0 Å². The third-order valence-corrected chi connectivity index (χ3v) is 4.73. The van der Waals surface area contributed by atoms with E-state index in [9.17, 15) is 5.11 Å². The zero-order valence-corrected chi connectivity index (χ0v) is 13.3. The van der Waals surface area contributed by atoms with Gasteiger partial charge in [-0.05, 0) is 42.7 Å². The van der Waals surface area contributed by atoms with Crippen LogP contribution in [0.25, 0.3) is 0 Å². The van der Waals surface area contributed by atoms with Crippen LogP contribution >= 0.6 is 11.6 Å². The second-order valence-electron chi connectivity index (χ2n) is 5.95. The van der Waals surface area contributed by atoms with E-state index in [2.05, 4.69) is 16.0 Å². The molecule has 0 radical (unpaired) electrons. The minimum atomic E-state index is -0.716. The lowest BCUT2D eigenvalue weighted by molar-refractivity contribution is -0.0256. The Kier molecular flexibility index (Phi) is 4.77. The molecule has 22 heavy (non-hydrogen) atoms. The summed E-state index contributed by atoms with van der Waals surface area (Å²) < 4.78 is 0. The van der Waals surface area contributed by atoms with E-state index in [1.165, 1.54) is 0 Å². The first-order valence-corrected chi connectivity index (χ1v) is 8.14. The van der Waals surface area contributed by atoms with E-state index in [1.54, 1.807) is 0 Å². The first-order valence-electron chi connectivity index (χ1n) is 7.76. The summed E-state index contributed by atoms with van der Waals surface area (Å²) in [5.41, 5.74) is 1.38. The number of aliphatic hydroxyl groups is 1. The van der Waals surface area contributed by atoms with Crippen molar-refractivity contribution in [2.75, 3.05) is 19.6 Å². The van der Waals surface area contributed by atoms with E-state index in [0.717, 1.165) is 50.2 Å². The lowest BCUT2D eigenvalue weighted by Gasteiger charge is -2.38. The molecule has 1 N–H and O–H groups in total. The van der Waals surface area contributed by atoms with Gasteiger partial charge in [0.2, 0.25) is 0 Å². The van der Waals surface area contributed by atoms with Gasteiger partial charge in [0.25, 0.3) is 0 Å². The molecule has 0 spiro atoms. The number of aromatic nitrogens is 1. The predicted octanol–water partition coefficient (Wildman–Crippen LogP) is 3.26. The van der Waals surface area contributed by atoms with Crippen LogP contribution in [0.1, 0.15) is 24.1 Å². The Morgan fingerprint density at radius 1 is 1.09 bits per heavy atom. The molecule has 0 saturated carbocycles. The molecule has 0 amide bonds. The fraction of sp³-hybridized carbons (Fsp3) is 0.389. The Balaban J connectivity index is 1.54. The molecule has 1 fully saturated rings. The average Bonchev–Trinajstić information content (AvgIpc) is 2.56. The minimum Gasteiger partial charge on any atom is -0.385 e. The van der Waals surface area contributed by atoms with Crippen LogP contribution in [0.5, 0.6) is 0 Å². The zero-order valence-electron chi connectivity index (χ0n) is 12.6. The molecule has 116 valence electrons. The standard InChI is InChI=1S/C18H21ClN2O/c19-16-6-4-15(5-7-16)18(22)9-13-21(14-10-18)12-8-17-3-1-2-11-20-17/h1-7,11,22H,8-10,12-14H2. The van der Waals surface area contributed by atoms with Crippen LogP contribution in [0, 0.1) is 0 Å². The molecule has 1 aromatic heterocycles. The van der Waals surface area contributed by atoms with Crippen molar-refractivity contribution >= 4 is 11.6 Å². The molecule has 1 aliphatic rings. The fourth-order valence-corrected chi connectivity index (χ4v) is 3.14. The smallest absolute Gasteiger partial charge is 0.0920 e. The lowest BCUT2D eigenvalue weighted by Crippen LogP contribution is -2.43. The first kappa shape index (κ1) is 15.5. The van der Waals surface area contributed by atoms with Crippen molar-refractivity contribution in [2.24, 2.45) is 0 Å². The number of rotatable bonds is 4. The Morgan fingerprint density at radius 2 is 1.82 bits per heavy atom. The van der Waals surface area contributed by atoms with Crippen molar-refractivity contribution in [2.45, 2.75) is 24.9 Å². The summed E-state index contributed by atoms with van der Waals surface area (Å²) in [6.07, 6.45) is 4.32.